The van der Waals surface area contributed by atoms with E-state index in [4.69, 9.17) is 5.11 Å². The molecule has 3 rings (SSSR count). The Hall–Kier alpha value is -1.46. The van der Waals surface area contributed by atoms with Crippen LogP contribution in [0.15, 0.2) is 18.2 Å². The number of aryl methyl sites for hydroxylation is 1. The van der Waals surface area contributed by atoms with E-state index in [1.54, 1.807) is 6.07 Å². The first kappa shape index (κ1) is 15.4. The van der Waals surface area contributed by atoms with Crippen LogP contribution < -0.4 is 5.32 Å². The molecule has 1 aliphatic carbocycles. The van der Waals surface area contributed by atoms with Crippen LogP contribution in [-0.2, 0) is 11.3 Å². The monoisotopic (exact) mass is 306 g/mol. The lowest BCUT2D eigenvalue weighted by molar-refractivity contribution is -0.124. The Morgan fingerprint density at radius 3 is 2.82 bits per heavy atom. The summed E-state index contributed by atoms with van der Waals surface area (Å²) in [4.78, 5) is 13.8. The first-order valence-electron chi connectivity index (χ1n) is 7.94. The summed E-state index contributed by atoms with van der Waals surface area (Å²) in [5.41, 5.74) is 2.09. The van der Waals surface area contributed by atoms with Crippen molar-refractivity contribution in [2.45, 2.75) is 32.4 Å². The predicted octanol–water partition coefficient (Wildman–Crippen LogP) is 1.45. The third-order valence-electron chi connectivity index (χ3n) is 4.86. The van der Waals surface area contributed by atoms with Crippen molar-refractivity contribution in [2.75, 3.05) is 19.7 Å². The zero-order valence-corrected chi connectivity index (χ0v) is 12.9. The molecule has 1 aromatic carbocycles. The summed E-state index contributed by atoms with van der Waals surface area (Å²) in [7, 11) is 0. The number of carbonyl (C=O) groups is 1. The molecule has 1 aliphatic heterocycles. The van der Waals surface area contributed by atoms with Gasteiger partial charge in [0.2, 0.25) is 5.91 Å². The van der Waals surface area contributed by atoms with Crippen molar-refractivity contribution in [1.29, 1.82) is 0 Å². The highest BCUT2D eigenvalue weighted by Crippen LogP contribution is 2.41. The van der Waals surface area contributed by atoms with Crippen molar-refractivity contribution in [3.05, 3.63) is 35.1 Å². The molecule has 120 valence electrons. The summed E-state index contributed by atoms with van der Waals surface area (Å²) in [6.45, 7) is 4.01. The van der Waals surface area contributed by atoms with E-state index in [0.29, 0.717) is 11.8 Å². The van der Waals surface area contributed by atoms with Crippen LogP contribution in [0.3, 0.4) is 0 Å². The smallest absolute Gasteiger partial charge is 0.245 e. The Labute approximate surface area is 130 Å². The minimum Gasteiger partial charge on any atom is -0.387 e. The number of aliphatic hydroxyl groups is 1. The Morgan fingerprint density at radius 2 is 2.18 bits per heavy atom. The fraction of sp³-hybridized carbons (Fsp3) is 0.588. The molecule has 2 aliphatic rings. The van der Waals surface area contributed by atoms with Gasteiger partial charge in [-0.1, -0.05) is 6.07 Å². The van der Waals surface area contributed by atoms with E-state index >= 15 is 0 Å². The quantitative estimate of drug-likeness (QED) is 0.866. The Morgan fingerprint density at radius 1 is 1.41 bits per heavy atom. The van der Waals surface area contributed by atoms with Gasteiger partial charge in [0.15, 0.2) is 0 Å². The molecule has 2 N–H and O–H groups in total. The lowest BCUT2D eigenvalue weighted by Crippen LogP contribution is -2.42. The summed E-state index contributed by atoms with van der Waals surface area (Å²) in [5, 5.41) is 11.9. The predicted molar refractivity (Wildman–Crippen MR) is 81.6 cm³/mol. The van der Waals surface area contributed by atoms with Gasteiger partial charge in [0.1, 0.15) is 12.4 Å². The highest BCUT2D eigenvalue weighted by molar-refractivity contribution is 5.77. The maximum absolute atomic E-state index is 13.2. The molecule has 0 bridgehead atoms. The van der Waals surface area contributed by atoms with Gasteiger partial charge in [-0.05, 0) is 54.9 Å². The molecule has 0 unspecified atom stereocenters. The third kappa shape index (κ3) is 3.47. The van der Waals surface area contributed by atoms with Gasteiger partial charge >= 0.3 is 0 Å². The van der Waals surface area contributed by atoms with Crippen molar-refractivity contribution < 1.29 is 14.3 Å². The summed E-state index contributed by atoms with van der Waals surface area (Å²) in [6.07, 6.45) is 2.47. The summed E-state index contributed by atoms with van der Waals surface area (Å²) < 4.78 is 13.2. The van der Waals surface area contributed by atoms with Crippen LogP contribution in [0.1, 0.15) is 24.0 Å². The molecule has 22 heavy (non-hydrogen) atoms. The Kier molecular flexibility index (Phi) is 4.45. The molecule has 0 spiro atoms. The normalized spacial score (nSPS) is 25.4. The number of carbonyl (C=O) groups excluding carboxylic acids is 1. The molecular weight excluding hydrogens is 283 g/mol. The van der Waals surface area contributed by atoms with Gasteiger partial charge in [-0.3, -0.25) is 9.69 Å². The SMILES string of the molecule is Cc1cc(F)ccc1CN1C[C@H](NC(=O)CO)[C@@H](C2CC2)C1. The number of hydrogen-bond donors (Lipinski definition) is 2. The first-order chi connectivity index (χ1) is 10.6. The van der Waals surface area contributed by atoms with Crippen molar-refractivity contribution in [3.8, 4) is 0 Å². The second kappa shape index (κ2) is 6.34. The molecule has 1 aromatic rings. The molecule has 0 aromatic heterocycles. The standard InChI is InChI=1S/C17H23FN2O2/c1-11-6-14(18)5-4-13(11)7-20-8-15(12-2-3-12)16(9-20)19-17(22)10-21/h4-6,12,15-16,21H,2-3,7-10H2,1H3,(H,19,22)/t15-,16+/m1/s1. The summed E-state index contributed by atoms with van der Waals surface area (Å²) in [6, 6.07) is 5.03. The third-order valence-corrected chi connectivity index (χ3v) is 4.86. The van der Waals surface area contributed by atoms with Crippen molar-refractivity contribution in [1.82, 2.24) is 10.2 Å². The average molecular weight is 306 g/mol. The van der Waals surface area contributed by atoms with Gasteiger partial charge in [-0.2, -0.15) is 0 Å². The molecule has 1 heterocycles. The number of nitrogens with zero attached hydrogens (tertiary/aromatic N) is 1. The van der Waals surface area contributed by atoms with Crippen LogP contribution in [-0.4, -0.2) is 41.7 Å². The number of benzene rings is 1. The maximum atomic E-state index is 13.2. The lowest BCUT2D eigenvalue weighted by Gasteiger charge is -2.18. The topological polar surface area (TPSA) is 52.6 Å². The largest absolute Gasteiger partial charge is 0.387 e. The highest BCUT2D eigenvalue weighted by atomic mass is 19.1. The number of likely N-dealkylation sites (tertiary alicyclic amines) is 1. The van der Waals surface area contributed by atoms with E-state index in [-0.39, 0.29) is 17.8 Å². The van der Waals surface area contributed by atoms with E-state index in [1.165, 1.54) is 18.9 Å². The minimum absolute atomic E-state index is 0.118. The number of amides is 1. The van der Waals surface area contributed by atoms with E-state index < -0.39 is 6.61 Å². The number of rotatable bonds is 5. The molecule has 4 nitrogen and oxygen atoms in total. The van der Waals surface area contributed by atoms with Crippen LogP contribution in [0, 0.1) is 24.6 Å². The van der Waals surface area contributed by atoms with Gasteiger partial charge in [0.25, 0.3) is 0 Å². The molecule has 1 saturated carbocycles. The van der Waals surface area contributed by atoms with Crippen LogP contribution >= 0.6 is 0 Å². The first-order valence-corrected chi connectivity index (χ1v) is 7.94. The molecular formula is C17H23FN2O2. The number of nitrogens with one attached hydrogen (secondary N) is 1. The van der Waals surface area contributed by atoms with Gasteiger partial charge in [-0.25, -0.2) is 4.39 Å². The lowest BCUT2D eigenvalue weighted by atomic mass is 9.98. The van der Waals surface area contributed by atoms with Crippen molar-refractivity contribution >= 4 is 5.91 Å². The number of halogens is 1. The fourth-order valence-electron chi connectivity index (χ4n) is 3.53. The second-order valence-electron chi connectivity index (χ2n) is 6.60. The molecule has 2 atom stereocenters. The van der Waals surface area contributed by atoms with Crippen molar-refractivity contribution in [2.24, 2.45) is 11.8 Å². The van der Waals surface area contributed by atoms with Crippen LogP contribution in [0.2, 0.25) is 0 Å². The van der Waals surface area contributed by atoms with E-state index in [2.05, 4.69) is 10.2 Å². The van der Waals surface area contributed by atoms with Crippen LogP contribution in [0.5, 0.6) is 0 Å². The zero-order chi connectivity index (χ0) is 15.7. The van der Waals surface area contributed by atoms with Crippen LogP contribution in [0.4, 0.5) is 4.39 Å². The Balaban J connectivity index is 1.66. The second-order valence-corrected chi connectivity index (χ2v) is 6.60. The van der Waals surface area contributed by atoms with Gasteiger partial charge < -0.3 is 10.4 Å². The Bertz CT molecular complexity index is 560. The molecule has 5 heteroatoms. The van der Waals surface area contributed by atoms with Crippen molar-refractivity contribution in [3.63, 3.8) is 0 Å². The minimum atomic E-state index is -0.453. The molecule has 1 saturated heterocycles. The van der Waals surface area contributed by atoms with E-state index in [9.17, 15) is 9.18 Å². The van der Waals surface area contributed by atoms with E-state index in [1.807, 2.05) is 13.0 Å². The fourth-order valence-corrected chi connectivity index (χ4v) is 3.53. The zero-order valence-electron chi connectivity index (χ0n) is 12.9. The van der Waals surface area contributed by atoms with Gasteiger partial charge in [-0.15, -0.1) is 0 Å². The summed E-state index contributed by atoms with van der Waals surface area (Å²) >= 11 is 0. The number of aliphatic hydroxyl groups excluding tert-OH is 1. The van der Waals surface area contributed by atoms with Crippen LogP contribution in [0.25, 0.3) is 0 Å². The maximum Gasteiger partial charge on any atom is 0.245 e. The van der Waals surface area contributed by atoms with E-state index in [0.717, 1.165) is 30.8 Å². The summed E-state index contributed by atoms with van der Waals surface area (Å²) in [5.74, 6) is 0.668. The molecule has 0 radical (unpaired) electrons. The van der Waals surface area contributed by atoms with Gasteiger partial charge in [0, 0.05) is 25.7 Å². The highest BCUT2D eigenvalue weighted by Gasteiger charge is 2.42. The number of hydrogen-bond acceptors (Lipinski definition) is 3. The average Bonchev–Trinajstić information content (AvgIpc) is 3.25. The molecule has 2 fully saturated rings. The molecule has 1 amide bonds. The van der Waals surface area contributed by atoms with Gasteiger partial charge in [0.05, 0.1) is 0 Å².